The van der Waals surface area contributed by atoms with Gasteiger partial charge >= 0.3 is 0 Å². The molecule has 0 saturated heterocycles. The van der Waals surface area contributed by atoms with Crippen LogP contribution in [-0.4, -0.2) is 44.1 Å². The van der Waals surface area contributed by atoms with Crippen molar-refractivity contribution in [1.82, 2.24) is 15.2 Å². The fourth-order valence-electron chi connectivity index (χ4n) is 1.56. The highest BCUT2D eigenvalue weighted by Crippen LogP contribution is 2.29. The lowest BCUT2D eigenvalue weighted by Crippen LogP contribution is -2.15. The number of hydrogen-bond acceptors (Lipinski definition) is 7. The molecule has 2 rings (SSSR count). The van der Waals surface area contributed by atoms with Gasteiger partial charge in [-0.2, -0.15) is 4.98 Å². The van der Waals surface area contributed by atoms with Gasteiger partial charge < -0.3 is 9.47 Å². The maximum Gasteiger partial charge on any atom is 0.268 e. The van der Waals surface area contributed by atoms with Crippen LogP contribution in [0.5, 0.6) is 11.5 Å². The fourth-order valence-corrected chi connectivity index (χ4v) is 3.02. The second kappa shape index (κ2) is 6.22. The normalized spacial score (nSPS) is 11.2. The Balaban J connectivity index is 2.38. The number of rotatable bonds is 6. The molecule has 0 amide bonds. The Kier molecular flexibility index (Phi) is 4.58. The van der Waals surface area contributed by atoms with Crippen LogP contribution in [0.3, 0.4) is 0 Å². The van der Waals surface area contributed by atoms with E-state index in [1.54, 1.807) is 12.3 Å². The number of thioether (sulfide) groups is 1. The molecule has 0 unspecified atom stereocenters. The van der Waals surface area contributed by atoms with E-state index >= 15 is 0 Å². The van der Waals surface area contributed by atoms with Crippen molar-refractivity contribution in [2.24, 2.45) is 0 Å². The maximum atomic E-state index is 12.4. The van der Waals surface area contributed by atoms with E-state index in [4.69, 9.17) is 9.47 Å². The number of nitrogens with one attached hydrogen (secondary N) is 2. The topological polar surface area (TPSA) is 106 Å². The van der Waals surface area contributed by atoms with Crippen LogP contribution in [0.15, 0.2) is 28.3 Å². The molecular formula is C11H14N4O4S2. The Morgan fingerprint density at radius 1 is 1.29 bits per heavy atom. The molecule has 8 nitrogen and oxygen atoms in total. The van der Waals surface area contributed by atoms with Crippen molar-refractivity contribution in [3.05, 3.63) is 18.2 Å². The van der Waals surface area contributed by atoms with Gasteiger partial charge in [-0.3, -0.25) is 0 Å². The van der Waals surface area contributed by atoms with Crippen molar-refractivity contribution < 1.29 is 17.9 Å². The van der Waals surface area contributed by atoms with Crippen LogP contribution in [-0.2, 0) is 10.0 Å². The number of hydrogen-bond donors (Lipinski definition) is 2. The zero-order chi connectivity index (χ0) is 15.5. The summed E-state index contributed by atoms with van der Waals surface area (Å²) in [5, 5.41) is 6.77. The average molecular weight is 330 g/mol. The number of ether oxygens (including phenoxy) is 2. The first-order chi connectivity index (χ1) is 10.00. The number of aromatic nitrogens is 3. The van der Waals surface area contributed by atoms with Crippen LogP contribution in [0.1, 0.15) is 0 Å². The Morgan fingerprint density at radius 3 is 2.62 bits per heavy atom. The van der Waals surface area contributed by atoms with Gasteiger partial charge in [0.05, 0.1) is 14.2 Å². The number of benzene rings is 1. The van der Waals surface area contributed by atoms with Crippen LogP contribution in [0.2, 0.25) is 0 Å². The number of nitrogens with zero attached hydrogens (tertiary/aromatic N) is 2. The van der Waals surface area contributed by atoms with Crippen molar-refractivity contribution in [1.29, 1.82) is 0 Å². The van der Waals surface area contributed by atoms with Gasteiger partial charge in [0.2, 0.25) is 11.1 Å². The highest BCUT2D eigenvalue weighted by Gasteiger charge is 2.22. The van der Waals surface area contributed by atoms with E-state index in [2.05, 4.69) is 19.9 Å². The first-order valence-corrected chi connectivity index (χ1v) is 8.42. The lowest BCUT2D eigenvalue weighted by Gasteiger charge is -2.11. The van der Waals surface area contributed by atoms with Crippen LogP contribution >= 0.6 is 11.8 Å². The fraction of sp³-hybridized carbons (Fsp3) is 0.273. The Labute approximate surface area is 126 Å². The number of methoxy groups -OCH3 is 2. The minimum atomic E-state index is -3.88. The minimum absolute atomic E-state index is 0.0317. The standard InChI is InChI=1S/C11H14N4O4S2/c1-18-7-4-5-8(19-2)9(6-7)21(16,17)15-10-12-11(20-3)14-13-10/h4-6H,1-3H3,(H2,12,13,14,15). The zero-order valence-electron chi connectivity index (χ0n) is 11.6. The third-order valence-corrected chi connectivity index (χ3v) is 4.45. The van der Waals surface area contributed by atoms with Crippen LogP contribution < -0.4 is 14.2 Å². The van der Waals surface area contributed by atoms with Crippen molar-refractivity contribution in [3.8, 4) is 11.5 Å². The minimum Gasteiger partial charge on any atom is -0.497 e. The highest BCUT2D eigenvalue weighted by atomic mass is 32.2. The van der Waals surface area contributed by atoms with E-state index in [1.807, 2.05) is 0 Å². The quantitative estimate of drug-likeness (QED) is 0.770. The number of H-pyrrole nitrogens is 1. The first kappa shape index (κ1) is 15.4. The van der Waals surface area contributed by atoms with Gasteiger partial charge in [0.15, 0.2) is 0 Å². The predicted octanol–water partition coefficient (Wildman–Crippen LogP) is 1.34. The van der Waals surface area contributed by atoms with Gasteiger partial charge in [0, 0.05) is 6.07 Å². The summed E-state index contributed by atoms with van der Waals surface area (Å²) in [4.78, 5) is 3.92. The van der Waals surface area contributed by atoms with E-state index in [0.717, 1.165) is 0 Å². The molecule has 0 aliphatic rings. The van der Waals surface area contributed by atoms with Crippen LogP contribution in [0.25, 0.3) is 0 Å². The molecule has 0 aliphatic carbocycles. The Hall–Kier alpha value is -1.94. The number of aromatic amines is 1. The van der Waals surface area contributed by atoms with Gasteiger partial charge in [-0.05, 0) is 18.4 Å². The molecule has 10 heteroatoms. The maximum absolute atomic E-state index is 12.4. The van der Waals surface area contributed by atoms with Crippen molar-refractivity contribution in [2.75, 3.05) is 25.2 Å². The highest BCUT2D eigenvalue weighted by molar-refractivity contribution is 7.98. The molecule has 0 saturated carbocycles. The molecule has 114 valence electrons. The third kappa shape index (κ3) is 3.39. The third-order valence-electron chi connectivity index (χ3n) is 2.54. The predicted molar refractivity (Wildman–Crippen MR) is 78.5 cm³/mol. The molecule has 0 fully saturated rings. The van der Waals surface area contributed by atoms with Crippen molar-refractivity contribution in [2.45, 2.75) is 10.1 Å². The SMILES string of the molecule is COc1ccc(OC)c(S(=O)(=O)Nc2nc(SC)n[nH]2)c1. The lowest BCUT2D eigenvalue weighted by molar-refractivity contribution is 0.392. The van der Waals surface area contributed by atoms with E-state index in [1.165, 1.54) is 38.1 Å². The molecule has 0 bridgehead atoms. The van der Waals surface area contributed by atoms with E-state index in [0.29, 0.717) is 10.9 Å². The van der Waals surface area contributed by atoms with Gasteiger partial charge in [-0.15, -0.1) is 5.10 Å². The first-order valence-electron chi connectivity index (χ1n) is 5.71. The van der Waals surface area contributed by atoms with Gasteiger partial charge in [-0.1, -0.05) is 11.8 Å². The molecule has 1 aromatic heterocycles. The lowest BCUT2D eigenvalue weighted by atomic mass is 10.3. The van der Waals surface area contributed by atoms with Gasteiger partial charge in [-0.25, -0.2) is 18.2 Å². The second-order valence-electron chi connectivity index (χ2n) is 3.79. The molecular weight excluding hydrogens is 316 g/mol. The summed E-state index contributed by atoms with van der Waals surface area (Å²) in [7, 11) is -1.04. The monoisotopic (exact) mass is 330 g/mol. The van der Waals surface area contributed by atoms with Crippen LogP contribution in [0, 0.1) is 0 Å². The summed E-state index contributed by atoms with van der Waals surface area (Å²) in [6.45, 7) is 0. The number of anilines is 1. The van der Waals surface area contributed by atoms with E-state index in [-0.39, 0.29) is 16.6 Å². The Bertz CT molecular complexity index is 730. The zero-order valence-corrected chi connectivity index (χ0v) is 13.2. The second-order valence-corrected chi connectivity index (χ2v) is 6.22. The molecule has 0 aliphatic heterocycles. The molecule has 0 spiro atoms. The Morgan fingerprint density at radius 2 is 2.05 bits per heavy atom. The molecule has 21 heavy (non-hydrogen) atoms. The van der Waals surface area contributed by atoms with E-state index in [9.17, 15) is 8.42 Å². The van der Waals surface area contributed by atoms with Gasteiger partial charge in [0.1, 0.15) is 16.4 Å². The van der Waals surface area contributed by atoms with Crippen molar-refractivity contribution in [3.63, 3.8) is 0 Å². The summed E-state index contributed by atoms with van der Waals surface area (Å²) < 4.78 is 37.2. The summed E-state index contributed by atoms with van der Waals surface area (Å²) in [6, 6.07) is 4.49. The van der Waals surface area contributed by atoms with Crippen LogP contribution in [0.4, 0.5) is 5.95 Å². The number of sulfonamides is 1. The summed E-state index contributed by atoms with van der Waals surface area (Å²) in [6.07, 6.45) is 1.78. The van der Waals surface area contributed by atoms with E-state index < -0.39 is 10.0 Å². The summed E-state index contributed by atoms with van der Waals surface area (Å²) >= 11 is 1.29. The van der Waals surface area contributed by atoms with Crippen molar-refractivity contribution >= 4 is 27.7 Å². The largest absolute Gasteiger partial charge is 0.497 e. The molecule has 2 aromatic rings. The molecule has 2 N–H and O–H groups in total. The molecule has 0 radical (unpaired) electrons. The summed E-state index contributed by atoms with van der Waals surface area (Å²) in [5.41, 5.74) is 0. The molecule has 1 heterocycles. The molecule has 0 atom stereocenters. The van der Waals surface area contributed by atoms with Gasteiger partial charge in [0.25, 0.3) is 10.0 Å². The summed E-state index contributed by atoms with van der Waals surface area (Å²) in [5.74, 6) is 0.635. The molecule has 1 aromatic carbocycles. The smallest absolute Gasteiger partial charge is 0.268 e. The average Bonchev–Trinajstić information content (AvgIpc) is 2.93.